The lowest BCUT2D eigenvalue weighted by Crippen LogP contribution is -2.31. The summed E-state index contributed by atoms with van der Waals surface area (Å²) < 4.78 is 5.53. The molecule has 2 aromatic carbocycles. The highest BCUT2D eigenvalue weighted by molar-refractivity contribution is 5.95. The molecule has 0 bridgehead atoms. The first-order valence-electron chi connectivity index (χ1n) is 8.44. The number of rotatable bonds is 9. The van der Waals surface area contributed by atoms with Crippen molar-refractivity contribution in [2.75, 3.05) is 13.7 Å². The first kappa shape index (κ1) is 19.0. The van der Waals surface area contributed by atoms with Crippen LogP contribution in [-0.4, -0.2) is 30.7 Å². The Morgan fingerprint density at radius 3 is 2.60 bits per heavy atom. The first-order chi connectivity index (χ1) is 12.0. The fraction of sp³-hybridized carbons (Fsp3) is 0.350. The number of hydrogen-bond donors (Lipinski definition) is 3. The number of methoxy groups -OCH3 is 1. The molecule has 0 aliphatic carbocycles. The van der Waals surface area contributed by atoms with E-state index in [9.17, 15) is 9.90 Å². The zero-order chi connectivity index (χ0) is 18.2. The SMILES string of the molecule is COC(CNC(C)CCc1ccccc1)c1ccc(O)c(C(N)=O)c1. The Hall–Kier alpha value is -2.37. The summed E-state index contributed by atoms with van der Waals surface area (Å²) in [5.74, 6) is -0.770. The van der Waals surface area contributed by atoms with E-state index in [1.165, 1.54) is 11.6 Å². The van der Waals surface area contributed by atoms with Gasteiger partial charge >= 0.3 is 0 Å². The number of carbonyl (C=O) groups excluding carboxylic acids is 1. The third kappa shape index (κ3) is 5.59. The minimum atomic E-state index is -0.654. The standard InChI is InChI=1S/C20H26N2O3/c1-14(8-9-15-6-4-3-5-7-15)22-13-19(25-2)16-10-11-18(23)17(12-16)20(21)24/h3-7,10-12,14,19,22-23H,8-9,13H2,1-2H3,(H2,21,24). The molecule has 4 N–H and O–H groups in total. The molecular formula is C20H26N2O3. The highest BCUT2D eigenvalue weighted by Gasteiger charge is 2.16. The van der Waals surface area contributed by atoms with Crippen LogP contribution in [0.5, 0.6) is 5.75 Å². The number of hydrogen-bond acceptors (Lipinski definition) is 4. The number of nitrogens with two attached hydrogens (primary N) is 1. The van der Waals surface area contributed by atoms with Crippen molar-refractivity contribution in [3.05, 3.63) is 65.2 Å². The maximum Gasteiger partial charge on any atom is 0.252 e. The van der Waals surface area contributed by atoms with Gasteiger partial charge in [0.05, 0.1) is 11.7 Å². The lowest BCUT2D eigenvalue weighted by molar-refractivity contribution is 0.0978. The van der Waals surface area contributed by atoms with Gasteiger partial charge in [-0.3, -0.25) is 4.79 Å². The predicted molar refractivity (Wildman–Crippen MR) is 98.6 cm³/mol. The highest BCUT2D eigenvalue weighted by atomic mass is 16.5. The molecule has 5 heteroatoms. The summed E-state index contributed by atoms with van der Waals surface area (Å²) >= 11 is 0. The monoisotopic (exact) mass is 342 g/mol. The van der Waals surface area contributed by atoms with Crippen molar-refractivity contribution in [1.29, 1.82) is 0 Å². The molecule has 0 radical (unpaired) electrons. The number of primary amides is 1. The van der Waals surface area contributed by atoms with Crippen molar-refractivity contribution in [1.82, 2.24) is 5.32 Å². The number of carbonyl (C=O) groups is 1. The highest BCUT2D eigenvalue weighted by Crippen LogP contribution is 2.23. The van der Waals surface area contributed by atoms with E-state index in [0.717, 1.165) is 18.4 Å². The quantitative estimate of drug-likeness (QED) is 0.654. The molecule has 0 spiro atoms. The number of aryl methyl sites for hydroxylation is 1. The largest absolute Gasteiger partial charge is 0.507 e. The van der Waals surface area contributed by atoms with Crippen LogP contribution in [0.1, 0.15) is 40.9 Å². The van der Waals surface area contributed by atoms with Crippen LogP contribution in [-0.2, 0) is 11.2 Å². The smallest absolute Gasteiger partial charge is 0.252 e. The summed E-state index contributed by atoms with van der Waals surface area (Å²) in [6, 6.07) is 15.5. The van der Waals surface area contributed by atoms with Crippen LogP contribution in [0.3, 0.4) is 0 Å². The summed E-state index contributed by atoms with van der Waals surface area (Å²) in [6.45, 7) is 2.75. The van der Waals surface area contributed by atoms with Gasteiger partial charge in [0.25, 0.3) is 5.91 Å². The van der Waals surface area contributed by atoms with Crippen LogP contribution in [0.2, 0.25) is 0 Å². The van der Waals surface area contributed by atoms with Gasteiger partial charge in [0.15, 0.2) is 0 Å². The third-order valence-electron chi connectivity index (χ3n) is 4.30. The molecule has 0 heterocycles. The zero-order valence-corrected chi connectivity index (χ0v) is 14.7. The molecular weight excluding hydrogens is 316 g/mol. The fourth-order valence-electron chi connectivity index (χ4n) is 2.73. The molecule has 0 fully saturated rings. The average Bonchev–Trinajstić information content (AvgIpc) is 2.62. The van der Waals surface area contributed by atoms with Gasteiger partial charge in [-0.05, 0) is 43.0 Å². The van der Waals surface area contributed by atoms with Crippen molar-refractivity contribution in [2.24, 2.45) is 5.73 Å². The van der Waals surface area contributed by atoms with E-state index in [1.807, 2.05) is 6.07 Å². The van der Waals surface area contributed by atoms with Gasteiger partial charge < -0.3 is 20.9 Å². The summed E-state index contributed by atoms with van der Waals surface area (Å²) in [7, 11) is 1.62. The molecule has 0 aliphatic heterocycles. The number of benzene rings is 2. The molecule has 25 heavy (non-hydrogen) atoms. The molecule has 0 aliphatic rings. The Labute approximate surface area is 148 Å². The van der Waals surface area contributed by atoms with Crippen molar-refractivity contribution in [3.63, 3.8) is 0 Å². The van der Waals surface area contributed by atoms with Crippen molar-refractivity contribution >= 4 is 5.91 Å². The Balaban J connectivity index is 1.91. The van der Waals surface area contributed by atoms with Crippen LogP contribution in [0.25, 0.3) is 0 Å². The van der Waals surface area contributed by atoms with Crippen LogP contribution < -0.4 is 11.1 Å². The van der Waals surface area contributed by atoms with Gasteiger partial charge in [-0.15, -0.1) is 0 Å². The zero-order valence-electron chi connectivity index (χ0n) is 14.7. The Bertz CT molecular complexity index is 689. The van der Waals surface area contributed by atoms with E-state index in [1.54, 1.807) is 19.2 Å². The number of nitrogens with one attached hydrogen (secondary N) is 1. The maximum absolute atomic E-state index is 11.4. The molecule has 1 amide bonds. The number of phenols is 1. The van der Waals surface area contributed by atoms with Crippen molar-refractivity contribution in [3.8, 4) is 5.75 Å². The Morgan fingerprint density at radius 1 is 1.24 bits per heavy atom. The van der Waals surface area contributed by atoms with Gasteiger partial charge in [0.2, 0.25) is 0 Å². The molecule has 2 aromatic rings. The van der Waals surface area contributed by atoms with E-state index >= 15 is 0 Å². The van der Waals surface area contributed by atoms with E-state index in [0.29, 0.717) is 12.6 Å². The van der Waals surface area contributed by atoms with Gasteiger partial charge in [0.1, 0.15) is 5.75 Å². The third-order valence-corrected chi connectivity index (χ3v) is 4.30. The lowest BCUT2D eigenvalue weighted by atomic mass is 10.0. The molecule has 2 rings (SSSR count). The average molecular weight is 342 g/mol. The van der Waals surface area contributed by atoms with Crippen LogP contribution >= 0.6 is 0 Å². The number of amides is 1. The Kier molecular flexibility index (Phi) is 6.98. The summed E-state index contributed by atoms with van der Waals surface area (Å²) in [5, 5.41) is 13.2. The minimum absolute atomic E-state index is 0.108. The van der Waals surface area contributed by atoms with E-state index in [-0.39, 0.29) is 17.4 Å². The second-order valence-electron chi connectivity index (χ2n) is 6.20. The molecule has 0 saturated heterocycles. The second kappa shape index (κ2) is 9.20. The van der Waals surface area contributed by atoms with E-state index in [2.05, 4.69) is 36.5 Å². The predicted octanol–water partition coefficient (Wildman–Crippen LogP) is 2.79. The molecule has 0 saturated carbocycles. The van der Waals surface area contributed by atoms with Crippen molar-refractivity contribution < 1.29 is 14.6 Å². The molecule has 2 unspecified atom stereocenters. The normalized spacial score (nSPS) is 13.4. The van der Waals surface area contributed by atoms with Gasteiger partial charge in [0, 0.05) is 19.7 Å². The van der Waals surface area contributed by atoms with E-state index in [4.69, 9.17) is 10.5 Å². The number of ether oxygens (including phenoxy) is 1. The van der Waals surface area contributed by atoms with Gasteiger partial charge in [-0.25, -0.2) is 0 Å². The van der Waals surface area contributed by atoms with Gasteiger partial charge in [-0.2, -0.15) is 0 Å². The van der Waals surface area contributed by atoms with Crippen LogP contribution in [0.4, 0.5) is 0 Å². The first-order valence-corrected chi connectivity index (χ1v) is 8.44. The summed E-state index contributed by atoms with van der Waals surface area (Å²) in [5.41, 5.74) is 7.52. The van der Waals surface area contributed by atoms with Crippen LogP contribution in [0.15, 0.2) is 48.5 Å². The van der Waals surface area contributed by atoms with Crippen molar-refractivity contribution in [2.45, 2.75) is 31.9 Å². The van der Waals surface area contributed by atoms with E-state index < -0.39 is 5.91 Å². The lowest BCUT2D eigenvalue weighted by Gasteiger charge is -2.21. The molecule has 2 atom stereocenters. The molecule has 134 valence electrons. The Morgan fingerprint density at radius 2 is 1.96 bits per heavy atom. The molecule has 5 nitrogen and oxygen atoms in total. The molecule has 0 aromatic heterocycles. The fourth-order valence-corrected chi connectivity index (χ4v) is 2.73. The maximum atomic E-state index is 11.4. The summed E-state index contributed by atoms with van der Waals surface area (Å²) in [6.07, 6.45) is 1.80. The topological polar surface area (TPSA) is 84.6 Å². The second-order valence-corrected chi connectivity index (χ2v) is 6.20. The number of aromatic hydroxyl groups is 1. The van der Waals surface area contributed by atoms with Gasteiger partial charge in [-0.1, -0.05) is 36.4 Å². The minimum Gasteiger partial charge on any atom is -0.507 e. The summed E-state index contributed by atoms with van der Waals surface area (Å²) in [4.78, 5) is 11.4. The van der Waals surface area contributed by atoms with Crippen LogP contribution in [0, 0.1) is 0 Å².